The Hall–Kier alpha value is -0.750. The van der Waals surface area contributed by atoms with Crippen molar-refractivity contribution in [3.8, 4) is 0 Å². The van der Waals surface area contributed by atoms with Crippen LogP contribution in [-0.2, 0) is 12.3 Å². The molecule has 18 heavy (non-hydrogen) atoms. The minimum absolute atomic E-state index is 0.148. The third-order valence-corrected chi connectivity index (χ3v) is 2.84. The summed E-state index contributed by atoms with van der Waals surface area (Å²) in [7, 11) is 0. The maximum Gasteiger partial charge on any atom is 0.280 e. The summed E-state index contributed by atoms with van der Waals surface area (Å²) in [5.74, 6) is 1.50. The van der Waals surface area contributed by atoms with Gasteiger partial charge in [-0.1, -0.05) is 13.8 Å². The zero-order valence-corrected chi connectivity index (χ0v) is 11.7. The second kappa shape index (κ2) is 7.63. The van der Waals surface area contributed by atoms with Gasteiger partial charge in [0, 0.05) is 18.3 Å². The Balaban J connectivity index is 2.76. The van der Waals surface area contributed by atoms with Crippen LogP contribution in [0.15, 0.2) is 6.20 Å². The van der Waals surface area contributed by atoms with Crippen LogP contribution in [0, 0.1) is 5.92 Å². The molecule has 0 bridgehead atoms. The van der Waals surface area contributed by atoms with Crippen molar-refractivity contribution in [1.29, 1.82) is 0 Å². The highest BCUT2D eigenvalue weighted by Crippen LogP contribution is 2.21. The molecule has 1 heterocycles. The molecule has 102 valence electrons. The topological polar surface area (TPSA) is 37.8 Å². The van der Waals surface area contributed by atoms with Gasteiger partial charge in [0.25, 0.3) is 6.43 Å². The molecule has 0 saturated heterocycles. The molecule has 0 atom stereocenters. The Morgan fingerprint density at radius 1 is 1.39 bits per heavy atom. The van der Waals surface area contributed by atoms with E-state index < -0.39 is 6.43 Å². The molecule has 1 aromatic heterocycles. The second-order valence-corrected chi connectivity index (χ2v) is 5.32. The first-order valence-corrected chi connectivity index (χ1v) is 7.26. The van der Waals surface area contributed by atoms with Gasteiger partial charge in [-0.15, -0.1) is 0 Å². The normalized spacial score (nSPS) is 11.5. The van der Waals surface area contributed by atoms with Crippen molar-refractivity contribution in [3.05, 3.63) is 23.3 Å². The maximum atomic E-state index is 12.9. The smallest absolute Gasteiger partial charge is 0.280 e. The number of thioether (sulfide) groups is 1. The molecule has 0 radical (unpaired) electrons. The van der Waals surface area contributed by atoms with E-state index in [1.165, 1.54) is 18.0 Å². The average Bonchev–Trinajstić information content (AvgIpc) is 2.30. The summed E-state index contributed by atoms with van der Waals surface area (Å²) in [5.41, 5.74) is 0.334. The summed E-state index contributed by atoms with van der Waals surface area (Å²) in [6, 6.07) is 0. The fourth-order valence-electron chi connectivity index (χ4n) is 1.48. The van der Waals surface area contributed by atoms with Gasteiger partial charge in [0.1, 0.15) is 11.5 Å². The molecule has 0 unspecified atom stereocenters. The molecular formula is C12H19F2N3S. The standard InChI is InChI=1S/C12H19F2N3S/c1-8(2)4-15-5-9-6-16-10(7-18-3)17-11(9)12(13)14/h6,8,12,15H,4-5,7H2,1-3H3. The zero-order chi connectivity index (χ0) is 13.5. The van der Waals surface area contributed by atoms with Crippen molar-refractivity contribution >= 4 is 11.8 Å². The Morgan fingerprint density at radius 3 is 2.67 bits per heavy atom. The van der Waals surface area contributed by atoms with Crippen LogP contribution in [0.25, 0.3) is 0 Å². The van der Waals surface area contributed by atoms with Gasteiger partial charge in [0.2, 0.25) is 0 Å². The van der Waals surface area contributed by atoms with Crippen molar-refractivity contribution in [3.63, 3.8) is 0 Å². The molecule has 1 N–H and O–H groups in total. The largest absolute Gasteiger partial charge is 0.312 e. The van der Waals surface area contributed by atoms with Crippen molar-refractivity contribution in [2.45, 2.75) is 32.6 Å². The molecule has 0 aromatic carbocycles. The van der Waals surface area contributed by atoms with Crippen LogP contribution in [-0.4, -0.2) is 22.8 Å². The lowest BCUT2D eigenvalue weighted by molar-refractivity contribution is 0.144. The third kappa shape index (κ3) is 4.86. The molecule has 0 amide bonds. The number of halogens is 2. The predicted octanol–water partition coefficient (Wildman–Crippen LogP) is 3.02. The van der Waals surface area contributed by atoms with Gasteiger partial charge in [-0.2, -0.15) is 11.8 Å². The van der Waals surface area contributed by atoms with E-state index in [0.717, 1.165) is 6.54 Å². The van der Waals surface area contributed by atoms with Crippen LogP contribution in [0.4, 0.5) is 8.78 Å². The fourth-order valence-corrected chi connectivity index (χ4v) is 1.87. The number of hydrogen-bond acceptors (Lipinski definition) is 4. The molecule has 0 saturated carbocycles. The summed E-state index contributed by atoms with van der Waals surface area (Å²) in [5, 5.41) is 3.13. The van der Waals surface area contributed by atoms with E-state index in [1.54, 1.807) is 0 Å². The van der Waals surface area contributed by atoms with Crippen molar-refractivity contribution in [2.75, 3.05) is 12.8 Å². The lowest BCUT2D eigenvalue weighted by Crippen LogP contribution is -2.20. The first kappa shape index (κ1) is 15.3. The van der Waals surface area contributed by atoms with Crippen LogP contribution in [0.2, 0.25) is 0 Å². The number of nitrogens with one attached hydrogen (secondary N) is 1. The summed E-state index contributed by atoms with van der Waals surface area (Å²) in [6.45, 7) is 5.31. The predicted molar refractivity (Wildman–Crippen MR) is 70.8 cm³/mol. The van der Waals surface area contributed by atoms with E-state index in [-0.39, 0.29) is 5.69 Å². The zero-order valence-electron chi connectivity index (χ0n) is 10.9. The molecule has 6 heteroatoms. The van der Waals surface area contributed by atoms with E-state index in [2.05, 4.69) is 29.1 Å². The van der Waals surface area contributed by atoms with Gasteiger partial charge in [-0.05, 0) is 18.7 Å². The molecule has 0 fully saturated rings. The van der Waals surface area contributed by atoms with E-state index in [9.17, 15) is 8.78 Å². The molecule has 1 rings (SSSR count). The summed E-state index contributed by atoms with van der Waals surface area (Å²) < 4.78 is 25.8. The molecule has 3 nitrogen and oxygen atoms in total. The van der Waals surface area contributed by atoms with Gasteiger partial charge in [0.05, 0.1) is 5.75 Å². The summed E-state index contributed by atoms with van der Waals surface area (Å²) in [4.78, 5) is 8.04. The second-order valence-electron chi connectivity index (χ2n) is 4.46. The highest BCUT2D eigenvalue weighted by Gasteiger charge is 2.16. The quantitative estimate of drug-likeness (QED) is 0.830. The van der Waals surface area contributed by atoms with Gasteiger partial charge in [-0.3, -0.25) is 0 Å². The molecule has 0 spiro atoms. The van der Waals surface area contributed by atoms with E-state index >= 15 is 0 Å². The van der Waals surface area contributed by atoms with Crippen molar-refractivity contribution < 1.29 is 8.78 Å². The van der Waals surface area contributed by atoms with Crippen LogP contribution >= 0.6 is 11.8 Å². The van der Waals surface area contributed by atoms with Crippen molar-refractivity contribution in [1.82, 2.24) is 15.3 Å². The minimum Gasteiger partial charge on any atom is -0.312 e. The van der Waals surface area contributed by atoms with Crippen LogP contribution in [0.3, 0.4) is 0 Å². The number of hydrogen-bond donors (Lipinski definition) is 1. The van der Waals surface area contributed by atoms with E-state index in [0.29, 0.717) is 29.6 Å². The minimum atomic E-state index is -2.55. The Labute approximate surface area is 111 Å². The van der Waals surface area contributed by atoms with Crippen LogP contribution < -0.4 is 5.32 Å². The Bertz CT molecular complexity index is 372. The number of nitrogens with zero attached hydrogens (tertiary/aromatic N) is 2. The molecule has 0 aliphatic heterocycles. The maximum absolute atomic E-state index is 12.9. The highest BCUT2D eigenvalue weighted by atomic mass is 32.2. The first-order valence-electron chi connectivity index (χ1n) is 5.87. The van der Waals surface area contributed by atoms with Gasteiger partial charge >= 0.3 is 0 Å². The number of aromatic nitrogens is 2. The Morgan fingerprint density at radius 2 is 2.11 bits per heavy atom. The average molecular weight is 275 g/mol. The van der Waals surface area contributed by atoms with Crippen LogP contribution in [0.5, 0.6) is 0 Å². The molecular weight excluding hydrogens is 256 g/mol. The van der Waals surface area contributed by atoms with Crippen molar-refractivity contribution in [2.24, 2.45) is 5.92 Å². The molecule has 1 aromatic rings. The van der Waals surface area contributed by atoms with Gasteiger partial charge < -0.3 is 5.32 Å². The lowest BCUT2D eigenvalue weighted by Gasteiger charge is -2.11. The number of rotatable bonds is 7. The van der Waals surface area contributed by atoms with Gasteiger partial charge in [0.15, 0.2) is 0 Å². The van der Waals surface area contributed by atoms with Crippen LogP contribution in [0.1, 0.15) is 37.4 Å². The third-order valence-electron chi connectivity index (χ3n) is 2.30. The highest BCUT2D eigenvalue weighted by molar-refractivity contribution is 7.97. The fraction of sp³-hybridized carbons (Fsp3) is 0.667. The molecule has 0 aliphatic carbocycles. The first-order chi connectivity index (χ1) is 8.54. The number of alkyl halides is 2. The monoisotopic (exact) mass is 275 g/mol. The summed E-state index contributed by atoms with van der Waals surface area (Å²) in [6.07, 6.45) is 0.848. The summed E-state index contributed by atoms with van der Waals surface area (Å²) >= 11 is 1.52. The lowest BCUT2D eigenvalue weighted by atomic mass is 10.2. The van der Waals surface area contributed by atoms with Gasteiger partial charge in [-0.25, -0.2) is 18.7 Å². The SMILES string of the molecule is CSCc1ncc(CNCC(C)C)c(C(F)F)n1. The van der Waals surface area contributed by atoms with E-state index in [4.69, 9.17) is 0 Å². The molecule has 0 aliphatic rings. The van der Waals surface area contributed by atoms with E-state index in [1.807, 2.05) is 6.26 Å². The Kier molecular flexibility index (Phi) is 6.49.